The molecule has 1 unspecified atom stereocenters. The highest BCUT2D eigenvalue weighted by atomic mass is 16.1. The van der Waals surface area contributed by atoms with Gasteiger partial charge in [0.15, 0.2) is 5.69 Å². The van der Waals surface area contributed by atoms with Gasteiger partial charge in [0.25, 0.3) is 5.91 Å². The topological polar surface area (TPSA) is 80.0 Å². The molecular formula is C10H14N4O. The molecule has 1 aromatic rings. The highest BCUT2D eigenvalue weighted by Crippen LogP contribution is 2.14. The first-order valence-corrected chi connectivity index (χ1v) is 4.99. The molecule has 5 nitrogen and oxygen atoms in total. The molecule has 15 heavy (non-hydrogen) atoms. The number of carbonyl (C=O) groups is 1. The van der Waals surface area contributed by atoms with Crippen molar-refractivity contribution in [1.29, 1.82) is 0 Å². The monoisotopic (exact) mass is 206 g/mol. The van der Waals surface area contributed by atoms with Crippen LogP contribution in [0.15, 0.2) is 18.3 Å². The average molecular weight is 206 g/mol. The van der Waals surface area contributed by atoms with Gasteiger partial charge in [-0.05, 0) is 25.1 Å². The molecule has 2 rings (SSSR count). The zero-order valence-corrected chi connectivity index (χ0v) is 8.36. The lowest BCUT2D eigenvalue weighted by molar-refractivity contribution is 0.0996. The van der Waals surface area contributed by atoms with E-state index >= 15 is 0 Å². The molecule has 1 fully saturated rings. The molecule has 1 atom stereocenters. The summed E-state index contributed by atoms with van der Waals surface area (Å²) in [5, 5.41) is 6.51. The van der Waals surface area contributed by atoms with Crippen LogP contribution in [0.2, 0.25) is 0 Å². The number of hydrogen-bond donors (Lipinski definition) is 3. The molecule has 0 aromatic carbocycles. The Balaban J connectivity index is 2.15. The van der Waals surface area contributed by atoms with Crippen molar-refractivity contribution in [2.45, 2.75) is 12.5 Å². The van der Waals surface area contributed by atoms with Crippen molar-refractivity contribution in [1.82, 2.24) is 10.3 Å². The number of aromatic nitrogens is 1. The molecule has 80 valence electrons. The summed E-state index contributed by atoms with van der Waals surface area (Å²) in [6, 6.07) is 3.97. The van der Waals surface area contributed by atoms with Gasteiger partial charge in [-0.2, -0.15) is 0 Å². The number of anilines is 1. The molecule has 0 spiro atoms. The Morgan fingerprint density at radius 3 is 3.20 bits per heavy atom. The van der Waals surface area contributed by atoms with E-state index in [-0.39, 0.29) is 0 Å². The lowest BCUT2D eigenvalue weighted by atomic mass is 10.2. The van der Waals surface area contributed by atoms with E-state index in [0.717, 1.165) is 25.2 Å². The SMILES string of the molecule is NC(=O)c1ncccc1NC1CCNC1. The lowest BCUT2D eigenvalue weighted by Crippen LogP contribution is -2.25. The smallest absolute Gasteiger partial charge is 0.269 e. The second kappa shape index (κ2) is 4.27. The first kappa shape index (κ1) is 9.92. The van der Waals surface area contributed by atoms with E-state index in [1.165, 1.54) is 0 Å². The van der Waals surface area contributed by atoms with E-state index in [2.05, 4.69) is 15.6 Å². The molecule has 1 saturated heterocycles. The highest BCUT2D eigenvalue weighted by Gasteiger charge is 2.16. The summed E-state index contributed by atoms with van der Waals surface area (Å²) in [7, 11) is 0. The highest BCUT2D eigenvalue weighted by molar-refractivity contribution is 5.96. The first-order valence-electron chi connectivity index (χ1n) is 4.99. The maximum atomic E-state index is 11.1. The van der Waals surface area contributed by atoms with Gasteiger partial charge in [0.1, 0.15) is 0 Å². The van der Waals surface area contributed by atoms with Gasteiger partial charge in [0, 0.05) is 18.8 Å². The molecule has 0 saturated carbocycles. The minimum Gasteiger partial charge on any atom is -0.379 e. The first-order chi connectivity index (χ1) is 7.27. The molecular weight excluding hydrogens is 192 g/mol. The van der Waals surface area contributed by atoms with Crippen molar-refractivity contribution >= 4 is 11.6 Å². The van der Waals surface area contributed by atoms with Crippen LogP contribution in [-0.2, 0) is 0 Å². The molecule has 0 aliphatic carbocycles. The summed E-state index contributed by atoms with van der Waals surface area (Å²) in [4.78, 5) is 15.1. The number of carbonyl (C=O) groups excluding carboxylic acids is 1. The van der Waals surface area contributed by atoms with E-state index in [1.807, 2.05) is 6.07 Å². The summed E-state index contributed by atoms with van der Waals surface area (Å²) >= 11 is 0. The Morgan fingerprint density at radius 2 is 2.53 bits per heavy atom. The summed E-state index contributed by atoms with van der Waals surface area (Å²) in [6.45, 7) is 1.91. The number of hydrogen-bond acceptors (Lipinski definition) is 4. The normalized spacial score (nSPS) is 20.1. The molecule has 2 heterocycles. The number of pyridine rings is 1. The van der Waals surface area contributed by atoms with Crippen LogP contribution in [0.4, 0.5) is 5.69 Å². The van der Waals surface area contributed by atoms with Gasteiger partial charge in [-0.3, -0.25) is 4.79 Å². The van der Waals surface area contributed by atoms with E-state index in [9.17, 15) is 4.79 Å². The van der Waals surface area contributed by atoms with Crippen molar-refractivity contribution in [3.63, 3.8) is 0 Å². The number of nitrogens with two attached hydrogens (primary N) is 1. The molecule has 0 bridgehead atoms. The fourth-order valence-corrected chi connectivity index (χ4v) is 1.72. The Labute approximate surface area is 88.1 Å². The van der Waals surface area contributed by atoms with Crippen LogP contribution >= 0.6 is 0 Å². The molecule has 1 amide bonds. The van der Waals surface area contributed by atoms with E-state index in [1.54, 1.807) is 12.3 Å². The fraction of sp³-hybridized carbons (Fsp3) is 0.400. The van der Waals surface area contributed by atoms with Crippen molar-refractivity contribution in [2.24, 2.45) is 5.73 Å². The number of nitrogens with one attached hydrogen (secondary N) is 2. The zero-order valence-electron chi connectivity index (χ0n) is 8.36. The largest absolute Gasteiger partial charge is 0.379 e. The van der Waals surface area contributed by atoms with E-state index in [0.29, 0.717) is 11.7 Å². The number of rotatable bonds is 3. The van der Waals surface area contributed by atoms with Crippen molar-refractivity contribution in [2.75, 3.05) is 18.4 Å². The van der Waals surface area contributed by atoms with Gasteiger partial charge >= 0.3 is 0 Å². The third-order valence-electron chi connectivity index (χ3n) is 2.46. The Bertz CT molecular complexity index is 360. The third kappa shape index (κ3) is 2.24. The maximum absolute atomic E-state index is 11.1. The predicted molar refractivity (Wildman–Crippen MR) is 57.7 cm³/mol. The minimum absolute atomic E-state index is 0.310. The van der Waals surface area contributed by atoms with Gasteiger partial charge in [-0.15, -0.1) is 0 Å². The van der Waals surface area contributed by atoms with Gasteiger partial charge in [0.2, 0.25) is 0 Å². The van der Waals surface area contributed by atoms with E-state index < -0.39 is 5.91 Å². The number of amides is 1. The van der Waals surface area contributed by atoms with Crippen LogP contribution in [0.5, 0.6) is 0 Å². The van der Waals surface area contributed by atoms with Crippen LogP contribution in [-0.4, -0.2) is 30.0 Å². The van der Waals surface area contributed by atoms with Gasteiger partial charge in [0.05, 0.1) is 5.69 Å². The van der Waals surface area contributed by atoms with Crippen molar-refractivity contribution in [3.05, 3.63) is 24.0 Å². The number of primary amides is 1. The predicted octanol–water partition coefficient (Wildman–Crippen LogP) is -0.0457. The zero-order chi connectivity index (χ0) is 10.7. The lowest BCUT2D eigenvalue weighted by Gasteiger charge is -2.14. The molecule has 1 aliphatic heterocycles. The maximum Gasteiger partial charge on any atom is 0.269 e. The van der Waals surface area contributed by atoms with Crippen LogP contribution in [0.25, 0.3) is 0 Å². The summed E-state index contributed by atoms with van der Waals surface area (Å²) in [6.07, 6.45) is 2.62. The van der Waals surface area contributed by atoms with Gasteiger partial charge < -0.3 is 16.4 Å². The molecule has 1 aromatic heterocycles. The van der Waals surface area contributed by atoms with Gasteiger partial charge in [-0.1, -0.05) is 0 Å². The molecule has 0 radical (unpaired) electrons. The van der Waals surface area contributed by atoms with Crippen LogP contribution < -0.4 is 16.4 Å². The fourth-order valence-electron chi connectivity index (χ4n) is 1.72. The summed E-state index contributed by atoms with van der Waals surface area (Å²) in [5.41, 5.74) is 6.26. The summed E-state index contributed by atoms with van der Waals surface area (Å²) < 4.78 is 0. The van der Waals surface area contributed by atoms with Crippen LogP contribution in [0, 0.1) is 0 Å². The summed E-state index contributed by atoms with van der Waals surface area (Å²) in [5.74, 6) is -0.496. The van der Waals surface area contributed by atoms with Crippen molar-refractivity contribution in [3.8, 4) is 0 Å². The minimum atomic E-state index is -0.496. The Kier molecular flexibility index (Phi) is 2.82. The van der Waals surface area contributed by atoms with Crippen LogP contribution in [0.1, 0.15) is 16.9 Å². The standard InChI is InChI=1S/C10H14N4O/c11-10(15)9-8(2-1-4-13-9)14-7-3-5-12-6-7/h1-2,4,7,12,14H,3,5-6H2,(H2,11,15). The molecule has 1 aliphatic rings. The second-order valence-corrected chi connectivity index (χ2v) is 3.60. The molecule has 4 N–H and O–H groups in total. The van der Waals surface area contributed by atoms with Crippen LogP contribution in [0.3, 0.4) is 0 Å². The Morgan fingerprint density at radius 1 is 1.67 bits per heavy atom. The Hall–Kier alpha value is -1.62. The second-order valence-electron chi connectivity index (χ2n) is 3.60. The van der Waals surface area contributed by atoms with E-state index in [4.69, 9.17) is 5.73 Å². The molecule has 5 heteroatoms. The quantitative estimate of drug-likeness (QED) is 0.648. The van der Waals surface area contributed by atoms with Crippen molar-refractivity contribution < 1.29 is 4.79 Å². The van der Waals surface area contributed by atoms with Gasteiger partial charge in [-0.25, -0.2) is 4.98 Å². The average Bonchev–Trinajstić information content (AvgIpc) is 2.71. The third-order valence-corrected chi connectivity index (χ3v) is 2.46. The number of nitrogens with zero attached hydrogens (tertiary/aromatic N) is 1.